The summed E-state index contributed by atoms with van der Waals surface area (Å²) in [5, 5.41) is 14.2. The van der Waals surface area contributed by atoms with Crippen LogP contribution in [-0.2, 0) is 26.2 Å². The third kappa shape index (κ3) is 7.91. The molecule has 2 unspecified atom stereocenters. The van der Waals surface area contributed by atoms with Crippen LogP contribution >= 0.6 is 0 Å². The van der Waals surface area contributed by atoms with Gasteiger partial charge in [-0.2, -0.15) is 0 Å². The highest BCUT2D eigenvalue weighted by atomic mass is 32.2. The van der Waals surface area contributed by atoms with Gasteiger partial charge in [-0.05, 0) is 38.8 Å². The summed E-state index contributed by atoms with van der Waals surface area (Å²) in [6.07, 6.45) is 1.58. The van der Waals surface area contributed by atoms with Gasteiger partial charge >= 0.3 is 0 Å². The molecule has 37 heavy (non-hydrogen) atoms. The van der Waals surface area contributed by atoms with Crippen LogP contribution in [0.3, 0.4) is 0 Å². The molecule has 2 aromatic rings. The number of carbonyl (C=O) groups is 2. The molecule has 0 saturated heterocycles. The van der Waals surface area contributed by atoms with Gasteiger partial charge in [0.1, 0.15) is 24.0 Å². The van der Waals surface area contributed by atoms with E-state index < -0.39 is 33.4 Å². The van der Waals surface area contributed by atoms with E-state index in [-0.39, 0.29) is 35.6 Å². The largest absolute Gasteiger partial charge is 0.495 e. The molecule has 0 aliphatic rings. The zero-order valence-corrected chi connectivity index (χ0v) is 22.7. The minimum Gasteiger partial charge on any atom is -0.495 e. The summed E-state index contributed by atoms with van der Waals surface area (Å²) in [4.78, 5) is 38.5. The van der Waals surface area contributed by atoms with Crippen LogP contribution in [0.5, 0.6) is 5.75 Å². The number of benzene rings is 2. The first-order valence-electron chi connectivity index (χ1n) is 11.7. The van der Waals surface area contributed by atoms with Gasteiger partial charge in [-0.1, -0.05) is 36.8 Å². The Kier molecular flexibility index (Phi) is 10.0. The van der Waals surface area contributed by atoms with E-state index in [1.807, 2.05) is 45.0 Å². The number of methoxy groups -OCH3 is 1. The summed E-state index contributed by atoms with van der Waals surface area (Å²) < 4.78 is 31.5. The van der Waals surface area contributed by atoms with Crippen LogP contribution in [0, 0.1) is 17.0 Å². The van der Waals surface area contributed by atoms with Gasteiger partial charge in [0, 0.05) is 24.7 Å². The number of amides is 2. The molecule has 1 N–H and O–H groups in total. The third-order valence-corrected chi connectivity index (χ3v) is 7.09. The van der Waals surface area contributed by atoms with Crippen molar-refractivity contribution < 1.29 is 27.7 Å². The molecule has 0 aliphatic heterocycles. The summed E-state index contributed by atoms with van der Waals surface area (Å²) in [6, 6.07) is 9.84. The van der Waals surface area contributed by atoms with Crippen LogP contribution in [0.1, 0.15) is 38.3 Å². The molecule has 2 amide bonds. The maximum absolute atomic E-state index is 13.6. The highest BCUT2D eigenvalue weighted by Crippen LogP contribution is 2.33. The number of hydrogen-bond acceptors (Lipinski definition) is 7. The van der Waals surface area contributed by atoms with Crippen molar-refractivity contribution in [3.8, 4) is 5.75 Å². The van der Waals surface area contributed by atoms with Crippen molar-refractivity contribution in [1.29, 1.82) is 0 Å². The van der Waals surface area contributed by atoms with Gasteiger partial charge in [-0.3, -0.25) is 24.0 Å². The van der Waals surface area contributed by atoms with Crippen LogP contribution in [0.2, 0.25) is 0 Å². The molecule has 0 fully saturated rings. The summed E-state index contributed by atoms with van der Waals surface area (Å²) in [5.41, 5.74) is 1.25. The topological polar surface area (TPSA) is 139 Å². The Labute approximate surface area is 217 Å². The number of nitrogens with one attached hydrogen (secondary N) is 1. The quantitative estimate of drug-likeness (QED) is 0.326. The van der Waals surface area contributed by atoms with Crippen LogP contribution < -0.4 is 14.4 Å². The lowest BCUT2D eigenvalue weighted by atomic mass is 10.1. The van der Waals surface area contributed by atoms with Crippen molar-refractivity contribution in [1.82, 2.24) is 10.2 Å². The summed E-state index contributed by atoms with van der Waals surface area (Å²) in [7, 11) is -2.80. The average Bonchev–Trinajstić information content (AvgIpc) is 2.85. The molecule has 12 heteroatoms. The maximum Gasteiger partial charge on any atom is 0.271 e. The molecule has 0 heterocycles. The number of non-ortho nitro benzene ring substituents is 1. The SMILES string of the molecule is CCC(C)NC(=O)C(C)N(Cc1ccc(C)cc1)C(=O)CN(c1cc([N+](=O)[O-])ccc1OC)S(C)(=O)=O. The van der Waals surface area contributed by atoms with Crippen molar-refractivity contribution in [2.75, 3.05) is 24.2 Å². The van der Waals surface area contributed by atoms with E-state index in [4.69, 9.17) is 4.74 Å². The molecule has 2 aromatic carbocycles. The Bertz CT molecular complexity index is 1230. The van der Waals surface area contributed by atoms with Gasteiger partial charge in [-0.25, -0.2) is 8.42 Å². The lowest BCUT2D eigenvalue weighted by molar-refractivity contribution is -0.384. The molecule has 11 nitrogen and oxygen atoms in total. The Morgan fingerprint density at radius 3 is 2.27 bits per heavy atom. The number of nitrogens with zero attached hydrogens (tertiary/aromatic N) is 3. The molecule has 0 aliphatic carbocycles. The van der Waals surface area contributed by atoms with E-state index in [1.165, 1.54) is 24.1 Å². The zero-order chi connectivity index (χ0) is 27.9. The molecule has 2 atom stereocenters. The number of nitro benzene ring substituents is 1. The van der Waals surface area contributed by atoms with E-state index in [1.54, 1.807) is 6.92 Å². The fraction of sp³-hybridized carbons (Fsp3) is 0.440. The lowest BCUT2D eigenvalue weighted by Gasteiger charge is -2.32. The summed E-state index contributed by atoms with van der Waals surface area (Å²) in [6.45, 7) is 6.62. The predicted molar refractivity (Wildman–Crippen MR) is 141 cm³/mol. The molecular formula is C25H34N4O7S. The number of aryl methyl sites for hydroxylation is 1. The van der Waals surface area contributed by atoms with Gasteiger partial charge in [0.25, 0.3) is 5.69 Å². The van der Waals surface area contributed by atoms with Gasteiger partial charge in [0.15, 0.2) is 0 Å². The summed E-state index contributed by atoms with van der Waals surface area (Å²) in [5.74, 6) is -1.00. The van der Waals surface area contributed by atoms with Crippen molar-refractivity contribution in [2.24, 2.45) is 0 Å². The van der Waals surface area contributed by atoms with Gasteiger partial charge < -0.3 is 15.0 Å². The minimum absolute atomic E-state index is 0.0384. The van der Waals surface area contributed by atoms with Gasteiger partial charge in [0.05, 0.1) is 18.3 Å². The molecular weight excluding hydrogens is 500 g/mol. The predicted octanol–water partition coefficient (Wildman–Crippen LogP) is 3.01. The number of anilines is 1. The van der Waals surface area contributed by atoms with E-state index in [9.17, 15) is 28.1 Å². The lowest BCUT2D eigenvalue weighted by Crippen LogP contribution is -2.52. The van der Waals surface area contributed by atoms with E-state index >= 15 is 0 Å². The smallest absolute Gasteiger partial charge is 0.271 e. The van der Waals surface area contributed by atoms with Crippen LogP contribution in [0.15, 0.2) is 42.5 Å². The number of ether oxygens (including phenoxy) is 1. The average molecular weight is 535 g/mol. The number of carbonyl (C=O) groups excluding carboxylic acids is 2. The normalized spacial score (nSPS) is 12.8. The molecule has 0 bridgehead atoms. The number of nitro groups is 1. The first kappa shape index (κ1) is 29.6. The van der Waals surface area contributed by atoms with Crippen molar-refractivity contribution >= 4 is 33.2 Å². The standard InChI is InChI=1S/C25H34N4O7S/c1-7-18(3)26-25(31)19(4)27(15-20-10-8-17(2)9-11-20)24(30)16-28(37(6,34)35)22-14-21(29(32)33)12-13-23(22)36-5/h8-14,18-19H,7,15-16H2,1-6H3,(H,26,31). The highest BCUT2D eigenvalue weighted by Gasteiger charge is 2.32. The number of hydrogen-bond donors (Lipinski definition) is 1. The minimum atomic E-state index is -4.09. The second-order valence-corrected chi connectivity index (χ2v) is 10.8. The Morgan fingerprint density at radius 1 is 1.14 bits per heavy atom. The van der Waals surface area contributed by atoms with Crippen molar-refractivity contribution in [2.45, 2.75) is 52.7 Å². The van der Waals surface area contributed by atoms with Crippen LogP contribution in [0.4, 0.5) is 11.4 Å². The molecule has 0 aromatic heterocycles. The van der Waals surface area contributed by atoms with Crippen molar-refractivity contribution in [3.05, 3.63) is 63.7 Å². The van der Waals surface area contributed by atoms with Gasteiger partial charge in [0.2, 0.25) is 21.8 Å². The maximum atomic E-state index is 13.6. The molecule has 0 saturated carbocycles. The number of sulfonamides is 1. The fourth-order valence-electron chi connectivity index (χ4n) is 3.52. The second kappa shape index (κ2) is 12.5. The first-order chi connectivity index (χ1) is 17.3. The second-order valence-electron chi connectivity index (χ2n) is 8.88. The first-order valence-corrected chi connectivity index (χ1v) is 13.6. The Balaban J connectivity index is 2.50. The van der Waals surface area contributed by atoms with E-state index in [0.717, 1.165) is 27.8 Å². The number of rotatable bonds is 12. The van der Waals surface area contributed by atoms with Crippen molar-refractivity contribution in [3.63, 3.8) is 0 Å². The highest BCUT2D eigenvalue weighted by molar-refractivity contribution is 7.92. The third-order valence-electron chi connectivity index (χ3n) is 5.96. The van der Waals surface area contributed by atoms with Crippen LogP contribution in [-0.4, -0.2) is 62.0 Å². The van der Waals surface area contributed by atoms with E-state index in [2.05, 4.69) is 5.32 Å². The zero-order valence-electron chi connectivity index (χ0n) is 21.9. The molecule has 202 valence electrons. The Hall–Kier alpha value is -3.67. The fourth-order valence-corrected chi connectivity index (χ4v) is 4.36. The summed E-state index contributed by atoms with van der Waals surface area (Å²) >= 11 is 0. The Morgan fingerprint density at radius 2 is 1.76 bits per heavy atom. The van der Waals surface area contributed by atoms with Gasteiger partial charge in [-0.15, -0.1) is 0 Å². The molecule has 2 rings (SSSR count). The monoisotopic (exact) mass is 534 g/mol. The van der Waals surface area contributed by atoms with E-state index in [0.29, 0.717) is 6.42 Å². The van der Waals surface area contributed by atoms with Crippen LogP contribution in [0.25, 0.3) is 0 Å². The molecule has 0 spiro atoms. The molecule has 0 radical (unpaired) electrons.